The van der Waals surface area contributed by atoms with Crippen molar-refractivity contribution in [1.29, 1.82) is 0 Å². The molecule has 6 nitrogen and oxygen atoms in total. The minimum Gasteiger partial charge on any atom is -0.338 e. The molecule has 0 saturated carbocycles. The Bertz CT molecular complexity index is 401. The molecule has 0 fully saturated rings. The molecule has 0 aliphatic carbocycles. The third-order valence-electron chi connectivity index (χ3n) is 3.08. The molecular weight excluding hydrogens is 218 g/mol. The number of fused-ring (bicyclic) bond motifs is 1. The van der Waals surface area contributed by atoms with Gasteiger partial charge in [0.1, 0.15) is 5.82 Å². The Morgan fingerprint density at radius 3 is 3.12 bits per heavy atom. The molecular formula is C11H19N5O. The van der Waals surface area contributed by atoms with Gasteiger partial charge in [0.2, 0.25) is 5.91 Å². The van der Waals surface area contributed by atoms with E-state index in [0.29, 0.717) is 19.5 Å². The van der Waals surface area contributed by atoms with E-state index in [9.17, 15) is 4.79 Å². The van der Waals surface area contributed by atoms with Crippen LogP contribution in [0, 0.1) is 0 Å². The highest BCUT2D eigenvalue weighted by Gasteiger charge is 2.19. The van der Waals surface area contributed by atoms with Crippen LogP contribution >= 0.6 is 0 Å². The number of carbonyl (C=O) groups excluding carboxylic acids is 1. The number of nitrogens with zero attached hydrogens (tertiary/aromatic N) is 4. The van der Waals surface area contributed by atoms with Crippen molar-refractivity contribution in [3.05, 3.63) is 11.6 Å². The van der Waals surface area contributed by atoms with E-state index in [0.717, 1.165) is 31.0 Å². The maximum absolute atomic E-state index is 11.8. The van der Waals surface area contributed by atoms with E-state index in [4.69, 9.17) is 0 Å². The van der Waals surface area contributed by atoms with Gasteiger partial charge < -0.3 is 14.8 Å². The third-order valence-corrected chi connectivity index (χ3v) is 3.08. The lowest BCUT2D eigenvalue weighted by molar-refractivity contribution is -0.130. The normalized spacial score (nSPS) is 13.8. The van der Waals surface area contributed by atoms with Crippen molar-refractivity contribution in [2.75, 3.05) is 20.6 Å². The van der Waals surface area contributed by atoms with Crippen molar-refractivity contribution < 1.29 is 4.79 Å². The molecule has 1 aromatic heterocycles. The predicted octanol–water partition coefficient (Wildman–Crippen LogP) is -0.208. The van der Waals surface area contributed by atoms with Crippen LogP contribution in [0.15, 0.2) is 0 Å². The van der Waals surface area contributed by atoms with Gasteiger partial charge >= 0.3 is 0 Å². The summed E-state index contributed by atoms with van der Waals surface area (Å²) >= 11 is 0. The van der Waals surface area contributed by atoms with Gasteiger partial charge in [-0.15, -0.1) is 10.2 Å². The summed E-state index contributed by atoms with van der Waals surface area (Å²) in [5.41, 5.74) is 0. The topological polar surface area (TPSA) is 63.1 Å². The van der Waals surface area contributed by atoms with E-state index in [2.05, 4.69) is 20.1 Å². The van der Waals surface area contributed by atoms with Crippen molar-refractivity contribution in [2.45, 2.75) is 32.4 Å². The van der Waals surface area contributed by atoms with Crippen LogP contribution in [0.3, 0.4) is 0 Å². The molecule has 1 N–H and O–H groups in total. The molecule has 0 unspecified atom stereocenters. The standard InChI is InChI=1S/C11H19N5O/c1-12-6-5-11(17)15(2)8-10-14-13-9-4-3-7-16(9)10/h12H,3-8H2,1-2H3. The minimum atomic E-state index is 0.134. The molecule has 0 saturated heterocycles. The van der Waals surface area contributed by atoms with E-state index in [1.807, 2.05) is 14.1 Å². The van der Waals surface area contributed by atoms with Crippen molar-refractivity contribution in [3.63, 3.8) is 0 Å². The highest BCUT2D eigenvalue weighted by Crippen LogP contribution is 2.14. The zero-order chi connectivity index (χ0) is 12.3. The van der Waals surface area contributed by atoms with Gasteiger partial charge in [-0.25, -0.2) is 0 Å². The Labute approximate surface area is 101 Å². The Hall–Kier alpha value is -1.43. The second kappa shape index (κ2) is 5.27. The van der Waals surface area contributed by atoms with Crippen molar-refractivity contribution >= 4 is 5.91 Å². The molecule has 1 aliphatic rings. The number of rotatable bonds is 5. The quantitative estimate of drug-likeness (QED) is 0.770. The number of hydrogen-bond acceptors (Lipinski definition) is 4. The average Bonchev–Trinajstić information content (AvgIpc) is 2.90. The van der Waals surface area contributed by atoms with Crippen LogP contribution in [0.4, 0.5) is 0 Å². The van der Waals surface area contributed by atoms with Crippen LogP contribution in [0.25, 0.3) is 0 Å². The molecule has 0 bridgehead atoms. The zero-order valence-corrected chi connectivity index (χ0v) is 10.4. The van der Waals surface area contributed by atoms with Crippen LogP contribution in [0.1, 0.15) is 24.5 Å². The van der Waals surface area contributed by atoms with Crippen molar-refractivity contribution in [1.82, 2.24) is 25.0 Å². The fourth-order valence-electron chi connectivity index (χ4n) is 2.05. The Morgan fingerprint density at radius 1 is 1.53 bits per heavy atom. The molecule has 0 spiro atoms. The first kappa shape index (κ1) is 12.0. The van der Waals surface area contributed by atoms with Gasteiger partial charge in [-0.3, -0.25) is 4.79 Å². The molecule has 2 rings (SSSR count). The Kier molecular flexibility index (Phi) is 3.73. The fourth-order valence-corrected chi connectivity index (χ4v) is 2.05. The largest absolute Gasteiger partial charge is 0.338 e. The van der Waals surface area contributed by atoms with Gasteiger partial charge in [0, 0.05) is 33.0 Å². The zero-order valence-electron chi connectivity index (χ0n) is 10.4. The molecule has 1 amide bonds. The lowest BCUT2D eigenvalue weighted by Gasteiger charge is -2.16. The van der Waals surface area contributed by atoms with Crippen LogP contribution in [0.5, 0.6) is 0 Å². The molecule has 0 atom stereocenters. The van der Waals surface area contributed by atoms with Crippen LogP contribution < -0.4 is 5.32 Å². The first-order valence-electron chi connectivity index (χ1n) is 6.02. The maximum atomic E-state index is 11.8. The smallest absolute Gasteiger partial charge is 0.223 e. The summed E-state index contributed by atoms with van der Waals surface area (Å²) in [7, 11) is 3.66. The Morgan fingerprint density at radius 2 is 2.35 bits per heavy atom. The summed E-state index contributed by atoms with van der Waals surface area (Å²) in [6, 6.07) is 0. The number of hydrogen-bond donors (Lipinski definition) is 1. The summed E-state index contributed by atoms with van der Waals surface area (Å²) in [5.74, 6) is 2.09. The number of amides is 1. The molecule has 17 heavy (non-hydrogen) atoms. The van der Waals surface area contributed by atoms with E-state index in [1.165, 1.54) is 0 Å². The highest BCUT2D eigenvalue weighted by molar-refractivity contribution is 5.75. The first-order valence-corrected chi connectivity index (χ1v) is 6.02. The number of nitrogens with one attached hydrogen (secondary N) is 1. The van der Waals surface area contributed by atoms with Gasteiger partial charge in [-0.2, -0.15) is 0 Å². The third kappa shape index (κ3) is 2.63. The highest BCUT2D eigenvalue weighted by atomic mass is 16.2. The summed E-state index contributed by atoms with van der Waals surface area (Å²) in [4.78, 5) is 13.5. The van der Waals surface area contributed by atoms with Crippen molar-refractivity contribution in [3.8, 4) is 0 Å². The van der Waals surface area contributed by atoms with Crippen LogP contribution in [-0.4, -0.2) is 46.2 Å². The van der Waals surface area contributed by atoms with Gasteiger partial charge in [-0.1, -0.05) is 0 Å². The fraction of sp³-hybridized carbons (Fsp3) is 0.727. The second-order valence-electron chi connectivity index (χ2n) is 4.39. The summed E-state index contributed by atoms with van der Waals surface area (Å²) < 4.78 is 2.13. The summed E-state index contributed by atoms with van der Waals surface area (Å²) in [6.07, 6.45) is 2.66. The number of carbonyl (C=O) groups is 1. The maximum Gasteiger partial charge on any atom is 0.223 e. The molecule has 1 aromatic rings. The molecule has 1 aliphatic heterocycles. The number of aryl methyl sites for hydroxylation is 1. The lowest BCUT2D eigenvalue weighted by atomic mass is 10.3. The predicted molar refractivity (Wildman–Crippen MR) is 63.4 cm³/mol. The molecule has 0 aromatic carbocycles. The van der Waals surface area contributed by atoms with Gasteiger partial charge in [0.05, 0.1) is 6.54 Å². The molecule has 94 valence electrons. The minimum absolute atomic E-state index is 0.134. The summed E-state index contributed by atoms with van der Waals surface area (Å²) in [5, 5.41) is 11.3. The van der Waals surface area contributed by atoms with E-state index < -0.39 is 0 Å². The van der Waals surface area contributed by atoms with Gasteiger partial charge in [0.15, 0.2) is 5.82 Å². The first-order chi connectivity index (χ1) is 8.22. The lowest BCUT2D eigenvalue weighted by Crippen LogP contribution is -2.29. The monoisotopic (exact) mass is 237 g/mol. The average molecular weight is 237 g/mol. The van der Waals surface area contributed by atoms with Crippen LogP contribution in [-0.2, 0) is 24.3 Å². The Balaban J connectivity index is 1.93. The van der Waals surface area contributed by atoms with Crippen molar-refractivity contribution in [2.24, 2.45) is 0 Å². The number of aromatic nitrogens is 3. The van der Waals surface area contributed by atoms with E-state index in [-0.39, 0.29) is 5.91 Å². The van der Waals surface area contributed by atoms with Crippen LogP contribution in [0.2, 0.25) is 0 Å². The molecule has 2 heterocycles. The second-order valence-corrected chi connectivity index (χ2v) is 4.39. The van der Waals surface area contributed by atoms with E-state index in [1.54, 1.807) is 4.90 Å². The molecule has 6 heteroatoms. The van der Waals surface area contributed by atoms with Gasteiger partial charge in [-0.05, 0) is 13.5 Å². The van der Waals surface area contributed by atoms with E-state index >= 15 is 0 Å². The molecule has 0 radical (unpaired) electrons. The SMILES string of the molecule is CNCCC(=O)N(C)Cc1nnc2n1CCC2. The van der Waals surface area contributed by atoms with Gasteiger partial charge in [0.25, 0.3) is 0 Å². The summed E-state index contributed by atoms with van der Waals surface area (Å²) in [6.45, 7) is 2.24.